The van der Waals surface area contributed by atoms with Gasteiger partial charge in [0.15, 0.2) is 0 Å². The van der Waals surface area contributed by atoms with Crippen LogP contribution in [0, 0.1) is 6.92 Å². The first-order valence-electron chi connectivity index (χ1n) is 6.70. The molecule has 1 heterocycles. The molecule has 0 bridgehead atoms. The van der Waals surface area contributed by atoms with Crippen molar-refractivity contribution in [1.82, 2.24) is 4.98 Å². The maximum Gasteiger partial charge on any atom is 0.250 e. The van der Waals surface area contributed by atoms with Crippen molar-refractivity contribution in [3.8, 4) is 0 Å². The summed E-state index contributed by atoms with van der Waals surface area (Å²) >= 11 is 0. The third-order valence-electron chi connectivity index (χ3n) is 3.20. The number of hydrogen-bond donors (Lipinski definition) is 2. The third-order valence-corrected chi connectivity index (χ3v) is 3.20. The molecule has 3 aromatic rings. The van der Waals surface area contributed by atoms with Crippen LogP contribution in [0.2, 0.25) is 0 Å². The number of H-pyrrole nitrogens is 1. The fourth-order valence-electron chi connectivity index (χ4n) is 2.18. The Hall–Kier alpha value is -2.88. The zero-order valence-electron chi connectivity index (χ0n) is 11.6. The van der Waals surface area contributed by atoms with E-state index < -0.39 is 0 Å². The molecule has 0 aliphatic heterocycles. The minimum Gasteiger partial charge on any atom is -0.322 e. The Morgan fingerprint density at radius 3 is 2.71 bits per heavy atom. The second-order valence-electron chi connectivity index (χ2n) is 4.88. The highest BCUT2D eigenvalue weighted by Crippen LogP contribution is 2.21. The van der Waals surface area contributed by atoms with Crippen molar-refractivity contribution >= 4 is 22.8 Å². The summed E-state index contributed by atoms with van der Waals surface area (Å²) in [6, 6.07) is 17.2. The van der Waals surface area contributed by atoms with Crippen LogP contribution >= 0.6 is 0 Å². The van der Waals surface area contributed by atoms with Gasteiger partial charge in [-0.3, -0.25) is 10.2 Å². The van der Waals surface area contributed by atoms with Crippen molar-refractivity contribution in [2.75, 3.05) is 5.43 Å². The van der Waals surface area contributed by atoms with Gasteiger partial charge in [0.05, 0.1) is 17.4 Å². The number of benzene rings is 2. The molecule has 4 nitrogen and oxygen atoms in total. The lowest BCUT2D eigenvalue weighted by molar-refractivity contribution is 1.27. The molecule has 3 rings (SSSR count). The second-order valence-corrected chi connectivity index (χ2v) is 4.88. The van der Waals surface area contributed by atoms with Crippen LogP contribution in [0.5, 0.6) is 0 Å². The van der Waals surface area contributed by atoms with Crippen LogP contribution in [0.15, 0.2) is 64.5 Å². The Kier molecular flexibility index (Phi) is 3.51. The summed E-state index contributed by atoms with van der Waals surface area (Å²) in [6.45, 7) is 2.02. The number of hydrogen-bond acceptors (Lipinski definition) is 3. The highest BCUT2D eigenvalue weighted by molar-refractivity contribution is 5.92. The second kappa shape index (κ2) is 5.63. The Balaban J connectivity index is 1.95. The van der Waals surface area contributed by atoms with Crippen LogP contribution in [0.4, 0.5) is 5.69 Å². The predicted octanol–water partition coefficient (Wildman–Crippen LogP) is 3.28. The SMILES string of the molecule is Cc1ccc2[nH]c(=O)cc(N/N=C/c3ccccc3)c2c1. The molecular weight excluding hydrogens is 262 g/mol. The van der Waals surface area contributed by atoms with Crippen LogP contribution < -0.4 is 11.0 Å². The summed E-state index contributed by atoms with van der Waals surface area (Å²) < 4.78 is 0. The van der Waals surface area contributed by atoms with Gasteiger partial charge < -0.3 is 4.98 Å². The number of fused-ring (bicyclic) bond motifs is 1. The molecule has 0 saturated heterocycles. The van der Waals surface area contributed by atoms with E-state index in [0.29, 0.717) is 5.69 Å². The molecule has 104 valence electrons. The van der Waals surface area contributed by atoms with E-state index in [1.54, 1.807) is 6.21 Å². The topological polar surface area (TPSA) is 57.2 Å². The van der Waals surface area contributed by atoms with E-state index in [4.69, 9.17) is 0 Å². The number of rotatable bonds is 3. The molecule has 4 heteroatoms. The van der Waals surface area contributed by atoms with Gasteiger partial charge in [-0.2, -0.15) is 5.10 Å². The first-order chi connectivity index (χ1) is 10.2. The maximum atomic E-state index is 11.7. The average molecular weight is 277 g/mol. The lowest BCUT2D eigenvalue weighted by Crippen LogP contribution is -2.06. The van der Waals surface area contributed by atoms with E-state index in [1.807, 2.05) is 55.5 Å². The van der Waals surface area contributed by atoms with E-state index in [9.17, 15) is 4.79 Å². The van der Waals surface area contributed by atoms with Gasteiger partial charge in [0.25, 0.3) is 5.56 Å². The number of anilines is 1. The minimum absolute atomic E-state index is 0.149. The molecule has 21 heavy (non-hydrogen) atoms. The van der Waals surface area contributed by atoms with E-state index in [1.165, 1.54) is 6.07 Å². The van der Waals surface area contributed by atoms with Crippen molar-refractivity contribution in [2.45, 2.75) is 6.92 Å². The molecule has 0 atom stereocenters. The smallest absolute Gasteiger partial charge is 0.250 e. The first kappa shape index (κ1) is 13.1. The highest BCUT2D eigenvalue weighted by Gasteiger charge is 2.02. The molecule has 2 N–H and O–H groups in total. The fraction of sp³-hybridized carbons (Fsp3) is 0.0588. The molecule has 0 amide bonds. The van der Waals surface area contributed by atoms with Crippen molar-refractivity contribution in [2.24, 2.45) is 5.10 Å². The quantitative estimate of drug-likeness (QED) is 0.570. The zero-order chi connectivity index (χ0) is 14.7. The summed E-state index contributed by atoms with van der Waals surface area (Å²) in [5.74, 6) is 0. The summed E-state index contributed by atoms with van der Waals surface area (Å²) in [5.41, 5.74) is 6.42. The summed E-state index contributed by atoms with van der Waals surface area (Å²) in [5, 5.41) is 5.15. The number of aryl methyl sites for hydroxylation is 1. The molecular formula is C17H15N3O. The van der Waals surface area contributed by atoms with Gasteiger partial charge in [-0.1, -0.05) is 42.0 Å². The Labute approximate surface area is 122 Å². The predicted molar refractivity (Wildman–Crippen MR) is 87.0 cm³/mol. The van der Waals surface area contributed by atoms with Crippen molar-refractivity contribution in [1.29, 1.82) is 0 Å². The first-order valence-corrected chi connectivity index (χ1v) is 6.70. The number of hydrazone groups is 1. The van der Waals surface area contributed by atoms with Gasteiger partial charge in [0.1, 0.15) is 0 Å². The van der Waals surface area contributed by atoms with Gasteiger partial charge in [0.2, 0.25) is 0 Å². The fourth-order valence-corrected chi connectivity index (χ4v) is 2.18. The van der Waals surface area contributed by atoms with Gasteiger partial charge in [-0.25, -0.2) is 0 Å². The Morgan fingerprint density at radius 2 is 1.90 bits per heavy atom. The van der Waals surface area contributed by atoms with Crippen molar-refractivity contribution in [3.05, 3.63) is 76.1 Å². The molecule has 1 aromatic heterocycles. The molecule has 0 unspecified atom stereocenters. The maximum absolute atomic E-state index is 11.7. The summed E-state index contributed by atoms with van der Waals surface area (Å²) in [7, 11) is 0. The third kappa shape index (κ3) is 3.00. The van der Waals surface area contributed by atoms with Crippen LogP contribution in [0.1, 0.15) is 11.1 Å². The number of aromatic nitrogens is 1. The lowest BCUT2D eigenvalue weighted by Gasteiger charge is -2.06. The molecule has 0 aliphatic carbocycles. The van der Waals surface area contributed by atoms with E-state index in [-0.39, 0.29) is 5.56 Å². The molecule has 0 fully saturated rings. The molecule has 0 radical (unpaired) electrons. The van der Waals surface area contributed by atoms with Crippen molar-refractivity contribution in [3.63, 3.8) is 0 Å². The average Bonchev–Trinajstić information content (AvgIpc) is 2.49. The van der Waals surface area contributed by atoms with Crippen LogP contribution in [-0.4, -0.2) is 11.2 Å². The van der Waals surface area contributed by atoms with Crippen molar-refractivity contribution < 1.29 is 0 Å². The monoisotopic (exact) mass is 277 g/mol. The van der Waals surface area contributed by atoms with Gasteiger partial charge >= 0.3 is 0 Å². The Bertz CT molecular complexity index is 851. The Morgan fingerprint density at radius 1 is 1.10 bits per heavy atom. The van der Waals surface area contributed by atoms with Crippen LogP contribution in [-0.2, 0) is 0 Å². The number of nitrogens with one attached hydrogen (secondary N) is 2. The highest BCUT2D eigenvalue weighted by atomic mass is 16.1. The van der Waals surface area contributed by atoms with Gasteiger partial charge in [-0.15, -0.1) is 0 Å². The number of pyridine rings is 1. The van der Waals surface area contributed by atoms with Crippen LogP contribution in [0.25, 0.3) is 10.9 Å². The minimum atomic E-state index is -0.149. The van der Waals surface area contributed by atoms with E-state index in [0.717, 1.165) is 22.0 Å². The lowest BCUT2D eigenvalue weighted by atomic mass is 10.1. The molecule has 2 aromatic carbocycles. The molecule has 0 spiro atoms. The van der Waals surface area contributed by atoms with E-state index in [2.05, 4.69) is 15.5 Å². The number of nitrogens with zero attached hydrogens (tertiary/aromatic N) is 1. The van der Waals surface area contributed by atoms with Crippen LogP contribution in [0.3, 0.4) is 0 Å². The summed E-state index contributed by atoms with van der Waals surface area (Å²) in [4.78, 5) is 14.5. The normalized spacial score (nSPS) is 11.1. The van der Waals surface area contributed by atoms with Gasteiger partial charge in [0, 0.05) is 11.5 Å². The standard InChI is InChI=1S/C17H15N3O/c1-12-7-8-15-14(9-12)16(10-17(21)19-15)20-18-11-13-5-3-2-4-6-13/h2-11H,1H3,(H2,19,20,21)/b18-11+. The number of aromatic amines is 1. The largest absolute Gasteiger partial charge is 0.322 e. The molecule has 0 saturated carbocycles. The van der Waals surface area contributed by atoms with E-state index >= 15 is 0 Å². The molecule has 0 aliphatic rings. The summed E-state index contributed by atoms with van der Waals surface area (Å²) in [6.07, 6.45) is 1.73. The zero-order valence-corrected chi connectivity index (χ0v) is 11.6. The van der Waals surface area contributed by atoms with Gasteiger partial charge in [-0.05, 0) is 24.6 Å².